The van der Waals surface area contributed by atoms with Crippen LogP contribution in [0, 0.1) is 12.7 Å². The number of carbonyl (C=O) groups excluding carboxylic acids is 1. The summed E-state index contributed by atoms with van der Waals surface area (Å²) >= 11 is 0. The fourth-order valence-electron chi connectivity index (χ4n) is 4.11. The predicted molar refractivity (Wildman–Crippen MR) is 113 cm³/mol. The highest BCUT2D eigenvalue weighted by molar-refractivity contribution is 5.94. The maximum absolute atomic E-state index is 13.2. The Morgan fingerprint density at radius 1 is 1.03 bits per heavy atom. The van der Waals surface area contributed by atoms with Crippen LogP contribution in [0.5, 0.6) is 0 Å². The van der Waals surface area contributed by atoms with Crippen LogP contribution in [0.1, 0.15) is 27.5 Å². The zero-order chi connectivity index (χ0) is 20.5. The standard InChI is InChI=1S/C24H26FN3O/c1-16-4-6-18(7-5-16)21-14-28(15-23(21)27(2)3)24(29)22-12-19(13-26-22)17-8-10-20(25)11-9-17/h4-13,21,23,26H,14-15H2,1-3H3. The highest BCUT2D eigenvalue weighted by atomic mass is 19.1. The Morgan fingerprint density at radius 3 is 2.38 bits per heavy atom. The van der Waals surface area contributed by atoms with Crippen LogP contribution in [-0.2, 0) is 0 Å². The maximum Gasteiger partial charge on any atom is 0.270 e. The summed E-state index contributed by atoms with van der Waals surface area (Å²) in [6, 6.07) is 17.0. The molecular formula is C24H26FN3O. The van der Waals surface area contributed by atoms with E-state index in [1.807, 2.05) is 11.0 Å². The lowest BCUT2D eigenvalue weighted by Crippen LogP contribution is -2.35. The molecule has 4 nitrogen and oxygen atoms in total. The first-order valence-corrected chi connectivity index (χ1v) is 9.89. The molecule has 29 heavy (non-hydrogen) atoms. The van der Waals surface area contributed by atoms with Crippen molar-refractivity contribution in [3.63, 3.8) is 0 Å². The monoisotopic (exact) mass is 391 g/mol. The zero-order valence-electron chi connectivity index (χ0n) is 17.0. The van der Waals surface area contributed by atoms with Crippen LogP contribution in [-0.4, -0.2) is 53.9 Å². The van der Waals surface area contributed by atoms with Gasteiger partial charge in [0.25, 0.3) is 5.91 Å². The number of benzene rings is 2. The van der Waals surface area contributed by atoms with Gasteiger partial charge in [-0.1, -0.05) is 42.0 Å². The Labute approximate surface area is 171 Å². The van der Waals surface area contributed by atoms with Gasteiger partial charge >= 0.3 is 0 Å². The molecule has 0 spiro atoms. The van der Waals surface area contributed by atoms with Gasteiger partial charge in [-0.2, -0.15) is 0 Å². The van der Waals surface area contributed by atoms with Gasteiger partial charge in [-0.05, 0) is 55.9 Å². The van der Waals surface area contributed by atoms with Crippen LogP contribution in [0.3, 0.4) is 0 Å². The normalized spacial score (nSPS) is 19.1. The Kier molecular flexibility index (Phi) is 5.24. The van der Waals surface area contributed by atoms with Crippen LogP contribution in [0.15, 0.2) is 60.8 Å². The number of hydrogen-bond donors (Lipinski definition) is 1. The number of aryl methyl sites for hydroxylation is 1. The second kappa shape index (κ2) is 7.84. The Bertz CT molecular complexity index is 992. The SMILES string of the molecule is Cc1ccc(C2CN(C(=O)c3cc(-c4ccc(F)cc4)c[nH]3)CC2N(C)C)cc1. The van der Waals surface area contributed by atoms with Crippen LogP contribution >= 0.6 is 0 Å². The van der Waals surface area contributed by atoms with Crippen molar-refractivity contribution in [1.82, 2.24) is 14.8 Å². The lowest BCUT2D eigenvalue weighted by atomic mass is 9.93. The minimum Gasteiger partial charge on any atom is -0.357 e. The van der Waals surface area contributed by atoms with E-state index in [2.05, 4.69) is 55.2 Å². The van der Waals surface area contributed by atoms with Gasteiger partial charge in [0.2, 0.25) is 0 Å². The highest BCUT2D eigenvalue weighted by Gasteiger charge is 2.37. The van der Waals surface area contributed by atoms with Crippen molar-refractivity contribution in [2.45, 2.75) is 18.9 Å². The van der Waals surface area contributed by atoms with Crippen molar-refractivity contribution in [2.75, 3.05) is 27.2 Å². The molecule has 1 aliphatic heterocycles. The number of H-pyrrole nitrogens is 1. The fraction of sp³-hybridized carbons (Fsp3) is 0.292. The van der Waals surface area contributed by atoms with Crippen molar-refractivity contribution < 1.29 is 9.18 Å². The highest BCUT2D eigenvalue weighted by Crippen LogP contribution is 2.31. The van der Waals surface area contributed by atoms with Crippen molar-refractivity contribution in [3.8, 4) is 11.1 Å². The van der Waals surface area contributed by atoms with Gasteiger partial charge in [0.15, 0.2) is 0 Å². The van der Waals surface area contributed by atoms with E-state index in [1.165, 1.54) is 23.3 Å². The Hall–Kier alpha value is -2.92. The molecule has 2 unspecified atom stereocenters. The average molecular weight is 391 g/mol. The summed E-state index contributed by atoms with van der Waals surface area (Å²) in [5.41, 5.74) is 4.83. The molecule has 2 atom stereocenters. The van der Waals surface area contributed by atoms with E-state index < -0.39 is 0 Å². The minimum atomic E-state index is -0.269. The number of rotatable bonds is 4. The number of nitrogens with one attached hydrogen (secondary N) is 1. The molecule has 1 saturated heterocycles. The molecule has 0 saturated carbocycles. The van der Waals surface area contributed by atoms with Crippen LogP contribution < -0.4 is 0 Å². The molecule has 0 aliphatic carbocycles. The lowest BCUT2D eigenvalue weighted by molar-refractivity contribution is 0.0777. The number of likely N-dealkylation sites (N-methyl/N-ethyl adjacent to an activating group) is 1. The summed E-state index contributed by atoms with van der Waals surface area (Å²) in [6.07, 6.45) is 1.80. The molecular weight excluding hydrogens is 365 g/mol. The minimum absolute atomic E-state index is 0.000164. The van der Waals surface area contributed by atoms with Crippen molar-refractivity contribution in [2.24, 2.45) is 0 Å². The van der Waals surface area contributed by atoms with E-state index >= 15 is 0 Å². The van der Waals surface area contributed by atoms with E-state index in [4.69, 9.17) is 0 Å². The molecule has 1 fully saturated rings. The zero-order valence-corrected chi connectivity index (χ0v) is 17.0. The van der Waals surface area contributed by atoms with Crippen molar-refractivity contribution in [1.29, 1.82) is 0 Å². The summed E-state index contributed by atoms with van der Waals surface area (Å²) in [4.78, 5) is 20.4. The smallest absolute Gasteiger partial charge is 0.270 e. The van der Waals surface area contributed by atoms with Gasteiger partial charge in [0.05, 0.1) is 0 Å². The Balaban J connectivity index is 1.54. The number of nitrogens with zero attached hydrogens (tertiary/aromatic N) is 2. The van der Waals surface area contributed by atoms with E-state index in [1.54, 1.807) is 18.3 Å². The third-order valence-electron chi connectivity index (χ3n) is 5.84. The number of aromatic amines is 1. The van der Waals surface area contributed by atoms with Crippen molar-refractivity contribution >= 4 is 5.91 Å². The molecule has 2 heterocycles. The summed E-state index contributed by atoms with van der Waals surface area (Å²) < 4.78 is 13.2. The van der Waals surface area contributed by atoms with E-state index in [-0.39, 0.29) is 23.7 Å². The molecule has 150 valence electrons. The largest absolute Gasteiger partial charge is 0.357 e. The number of halogens is 1. The van der Waals surface area contributed by atoms with Crippen LogP contribution in [0.25, 0.3) is 11.1 Å². The van der Waals surface area contributed by atoms with Gasteiger partial charge in [-0.3, -0.25) is 4.79 Å². The topological polar surface area (TPSA) is 39.3 Å². The van der Waals surface area contributed by atoms with Gasteiger partial charge in [-0.15, -0.1) is 0 Å². The average Bonchev–Trinajstić information content (AvgIpc) is 3.37. The molecule has 4 rings (SSSR count). The first-order chi connectivity index (χ1) is 13.9. The molecule has 1 N–H and O–H groups in total. The molecule has 1 aliphatic rings. The van der Waals surface area contributed by atoms with Gasteiger partial charge in [0, 0.05) is 31.2 Å². The molecule has 3 aromatic rings. The third kappa shape index (κ3) is 3.96. The molecule has 2 aromatic carbocycles. The Morgan fingerprint density at radius 2 is 1.72 bits per heavy atom. The third-order valence-corrected chi connectivity index (χ3v) is 5.84. The van der Waals surface area contributed by atoms with Crippen LogP contribution in [0.2, 0.25) is 0 Å². The van der Waals surface area contributed by atoms with Crippen molar-refractivity contribution in [3.05, 3.63) is 83.4 Å². The summed E-state index contributed by atoms with van der Waals surface area (Å²) in [6.45, 7) is 3.46. The van der Waals surface area contributed by atoms with Crippen LogP contribution in [0.4, 0.5) is 4.39 Å². The number of aromatic nitrogens is 1. The van der Waals surface area contributed by atoms with E-state index in [0.717, 1.165) is 11.1 Å². The second-order valence-corrected chi connectivity index (χ2v) is 8.07. The quantitative estimate of drug-likeness (QED) is 0.720. The van der Waals surface area contributed by atoms with Gasteiger partial charge < -0.3 is 14.8 Å². The molecule has 0 radical (unpaired) electrons. The van der Waals surface area contributed by atoms with Gasteiger partial charge in [-0.25, -0.2) is 4.39 Å². The molecule has 1 aromatic heterocycles. The number of hydrogen-bond acceptors (Lipinski definition) is 2. The second-order valence-electron chi connectivity index (χ2n) is 8.07. The summed E-state index contributed by atoms with van der Waals surface area (Å²) in [5, 5.41) is 0. The van der Waals surface area contributed by atoms with E-state index in [9.17, 15) is 9.18 Å². The number of amides is 1. The van der Waals surface area contributed by atoms with E-state index in [0.29, 0.717) is 18.8 Å². The van der Waals surface area contributed by atoms with Gasteiger partial charge in [0.1, 0.15) is 11.5 Å². The molecule has 0 bridgehead atoms. The summed E-state index contributed by atoms with van der Waals surface area (Å²) in [7, 11) is 4.14. The summed E-state index contributed by atoms with van der Waals surface area (Å²) in [5.74, 6) is 0.00966. The first-order valence-electron chi connectivity index (χ1n) is 9.89. The first kappa shape index (κ1) is 19.4. The number of likely N-dealkylation sites (tertiary alicyclic amines) is 1. The lowest BCUT2D eigenvalue weighted by Gasteiger charge is -2.25. The molecule has 1 amide bonds. The molecule has 5 heteroatoms. The number of carbonyl (C=O) groups is 1. The predicted octanol–water partition coefficient (Wildman–Crippen LogP) is 4.30. The maximum atomic E-state index is 13.2. The fourth-order valence-corrected chi connectivity index (χ4v) is 4.11.